The lowest BCUT2D eigenvalue weighted by atomic mass is 10.4. The van der Waals surface area contributed by atoms with E-state index in [1.807, 2.05) is 0 Å². The molecule has 2 saturated heterocycles. The molecule has 0 N–H and O–H groups in total. The normalized spacial score (nSPS) is 25.9. The van der Waals surface area contributed by atoms with E-state index in [4.69, 9.17) is 9.47 Å². The standard InChI is InChI=1S/C10H13N3O4/c1-6-9(14)12(2-7-4-16-7)10(15)13(11-6)3-8-5-17-8/h7-8H,2-5H2,1H3. The van der Waals surface area contributed by atoms with E-state index in [9.17, 15) is 9.59 Å². The molecule has 2 aliphatic heterocycles. The molecule has 3 rings (SSSR count). The quantitative estimate of drug-likeness (QED) is 0.598. The van der Waals surface area contributed by atoms with Gasteiger partial charge in [0.05, 0.1) is 32.4 Å². The minimum absolute atomic E-state index is 0.00664. The highest BCUT2D eigenvalue weighted by Crippen LogP contribution is 2.10. The van der Waals surface area contributed by atoms with Crippen molar-refractivity contribution in [1.29, 1.82) is 0 Å². The van der Waals surface area contributed by atoms with E-state index < -0.39 is 0 Å². The van der Waals surface area contributed by atoms with Gasteiger partial charge in [0.15, 0.2) is 0 Å². The van der Waals surface area contributed by atoms with Gasteiger partial charge in [0, 0.05) is 0 Å². The molecule has 0 amide bonds. The van der Waals surface area contributed by atoms with Crippen molar-refractivity contribution < 1.29 is 9.47 Å². The molecule has 2 fully saturated rings. The molecule has 0 saturated carbocycles. The first-order chi connectivity index (χ1) is 8.15. The van der Waals surface area contributed by atoms with Crippen LogP contribution in [0.3, 0.4) is 0 Å². The number of epoxide rings is 2. The largest absolute Gasteiger partial charge is 0.371 e. The Bertz CT molecular complexity index is 554. The minimum Gasteiger partial charge on any atom is -0.371 e. The van der Waals surface area contributed by atoms with Gasteiger partial charge in [-0.2, -0.15) is 5.10 Å². The molecule has 0 aliphatic carbocycles. The molecule has 0 aromatic carbocycles. The number of aromatic nitrogens is 3. The fraction of sp³-hybridized carbons (Fsp3) is 0.700. The van der Waals surface area contributed by atoms with E-state index in [1.54, 1.807) is 6.92 Å². The Morgan fingerprint density at radius 2 is 1.82 bits per heavy atom. The summed E-state index contributed by atoms with van der Waals surface area (Å²) in [5.74, 6) is 0. The highest BCUT2D eigenvalue weighted by Gasteiger charge is 2.28. The number of aryl methyl sites for hydroxylation is 1. The second-order valence-corrected chi connectivity index (χ2v) is 4.38. The lowest BCUT2D eigenvalue weighted by Gasteiger charge is -2.08. The summed E-state index contributed by atoms with van der Waals surface area (Å²) in [6, 6.07) is 0. The lowest BCUT2D eigenvalue weighted by Crippen LogP contribution is -2.44. The average Bonchev–Trinajstić information content (AvgIpc) is 3.15. The van der Waals surface area contributed by atoms with Crippen molar-refractivity contribution in [3.63, 3.8) is 0 Å². The van der Waals surface area contributed by atoms with Crippen LogP contribution in [0, 0.1) is 6.92 Å². The second-order valence-electron chi connectivity index (χ2n) is 4.38. The number of rotatable bonds is 4. The van der Waals surface area contributed by atoms with E-state index >= 15 is 0 Å². The summed E-state index contributed by atoms with van der Waals surface area (Å²) in [7, 11) is 0. The molecule has 2 aliphatic rings. The smallest absolute Gasteiger partial charge is 0.347 e. The zero-order valence-corrected chi connectivity index (χ0v) is 9.46. The minimum atomic E-state index is -0.383. The number of hydrogen-bond donors (Lipinski definition) is 0. The predicted octanol–water partition coefficient (Wildman–Crippen LogP) is -1.49. The summed E-state index contributed by atoms with van der Waals surface area (Å²) in [5, 5.41) is 3.99. The Morgan fingerprint density at radius 3 is 2.41 bits per heavy atom. The molecule has 2 unspecified atom stereocenters. The van der Waals surface area contributed by atoms with Crippen LogP contribution in [0.1, 0.15) is 5.69 Å². The number of hydrogen-bond acceptors (Lipinski definition) is 5. The topological polar surface area (TPSA) is 81.9 Å². The van der Waals surface area contributed by atoms with Gasteiger partial charge in [0.1, 0.15) is 11.8 Å². The van der Waals surface area contributed by atoms with E-state index in [0.29, 0.717) is 32.0 Å². The zero-order chi connectivity index (χ0) is 12.0. The molecule has 7 nitrogen and oxygen atoms in total. The monoisotopic (exact) mass is 239 g/mol. The van der Waals surface area contributed by atoms with Gasteiger partial charge in [-0.05, 0) is 6.92 Å². The van der Waals surface area contributed by atoms with Crippen molar-refractivity contribution in [2.24, 2.45) is 0 Å². The number of nitrogens with zero attached hydrogens (tertiary/aromatic N) is 3. The summed E-state index contributed by atoms with van der Waals surface area (Å²) in [5.41, 5.74) is -0.393. The third kappa shape index (κ3) is 2.16. The Balaban J connectivity index is 2.00. The van der Waals surface area contributed by atoms with Crippen LogP contribution in [0.15, 0.2) is 9.59 Å². The maximum absolute atomic E-state index is 12.0. The van der Waals surface area contributed by atoms with Crippen LogP contribution in [0.4, 0.5) is 0 Å². The second kappa shape index (κ2) is 3.78. The first-order valence-electron chi connectivity index (χ1n) is 5.57. The van der Waals surface area contributed by atoms with E-state index in [1.165, 1.54) is 9.25 Å². The SMILES string of the molecule is Cc1nn(CC2CO2)c(=O)n(CC2CO2)c1=O. The third-order valence-electron chi connectivity index (χ3n) is 2.84. The van der Waals surface area contributed by atoms with Crippen molar-refractivity contribution in [2.75, 3.05) is 13.2 Å². The van der Waals surface area contributed by atoms with Crippen molar-refractivity contribution in [2.45, 2.75) is 32.2 Å². The molecule has 92 valence electrons. The van der Waals surface area contributed by atoms with E-state index in [0.717, 1.165) is 0 Å². The van der Waals surface area contributed by atoms with Crippen molar-refractivity contribution in [1.82, 2.24) is 14.3 Å². The van der Waals surface area contributed by atoms with Gasteiger partial charge in [0.25, 0.3) is 5.56 Å². The molecule has 1 aromatic rings. The molecule has 0 bridgehead atoms. The van der Waals surface area contributed by atoms with Crippen LogP contribution in [-0.4, -0.2) is 39.8 Å². The maximum Gasteiger partial charge on any atom is 0.347 e. The molecule has 2 atom stereocenters. The molecule has 17 heavy (non-hydrogen) atoms. The van der Waals surface area contributed by atoms with Gasteiger partial charge >= 0.3 is 5.69 Å². The summed E-state index contributed by atoms with van der Waals surface area (Å²) >= 11 is 0. The Labute approximate surface area is 96.6 Å². The highest BCUT2D eigenvalue weighted by atomic mass is 16.6. The Kier molecular flexibility index (Phi) is 2.37. The average molecular weight is 239 g/mol. The maximum atomic E-state index is 12.0. The number of ether oxygens (including phenoxy) is 2. The lowest BCUT2D eigenvalue weighted by molar-refractivity contribution is 0.345. The molecular weight excluding hydrogens is 226 g/mol. The summed E-state index contributed by atoms with van der Waals surface area (Å²) < 4.78 is 12.6. The van der Waals surface area contributed by atoms with Crippen LogP contribution in [-0.2, 0) is 22.6 Å². The highest BCUT2D eigenvalue weighted by molar-refractivity contribution is 4.93. The first kappa shape index (κ1) is 10.7. The van der Waals surface area contributed by atoms with E-state index in [-0.39, 0.29) is 23.5 Å². The first-order valence-corrected chi connectivity index (χ1v) is 5.57. The van der Waals surface area contributed by atoms with Gasteiger partial charge in [-0.15, -0.1) is 0 Å². The van der Waals surface area contributed by atoms with Crippen LogP contribution in [0.2, 0.25) is 0 Å². The van der Waals surface area contributed by atoms with Crippen molar-refractivity contribution >= 4 is 0 Å². The predicted molar refractivity (Wildman–Crippen MR) is 57.0 cm³/mol. The van der Waals surface area contributed by atoms with Gasteiger partial charge in [-0.3, -0.25) is 9.36 Å². The third-order valence-corrected chi connectivity index (χ3v) is 2.84. The molecular formula is C10H13N3O4. The fourth-order valence-corrected chi connectivity index (χ4v) is 1.71. The Hall–Kier alpha value is -1.47. The van der Waals surface area contributed by atoms with Crippen LogP contribution >= 0.6 is 0 Å². The Morgan fingerprint density at radius 1 is 1.24 bits per heavy atom. The van der Waals surface area contributed by atoms with Crippen molar-refractivity contribution in [3.8, 4) is 0 Å². The summed E-state index contributed by atoms with van der Waals surface area (Å²) in [4.78, 5) is 23.8. The van der Waals surface area contributed by atoms with Crippen molar-refractivity contribution in [3.05, 3.63) is 26.5 Å². The molecule has 7 heteroatoms. The summed E-state index contributed by atoms with van der Waals surface area (Å²) in [6.07, 6.45) is 0.0514. The van der Waals surface area contributed by atoms with Gasteiger partial charge in [-0.1, -0.05) is 0 Å². The summed E-state index contributed by atoms with van der Waals surface area (Å²) in [6.45, 7) is 3.59. The van der Waals surface area contributed by atoms with Crippen LogP contribution in [0.25, 0.3) is 0 Å². The van der Waals surface area contributed by atoms with Gasteiger partial charge in [0.2, 0.25) is 0 Å². The van der Waals surface area contributed by atoms with Crippen LogP contribution < -0.4 is 11.2 Å². The molecule has 3 heterocycles. The van der Waals surface area contributed by atoms with E-state index in [2.05, 4.69) is 5.10 Å². The molecule has 0 radical (unpaired) electrons. The van der Waals surface area contributed by atoms with Crippen LogP contribution in [0.5, 0.6) is 0 Å². The molecule has 1 aromatic heterocycles. The fourth-order valence-electron chi connectivity index (χ4n) is 1.71. The molecule has 0 spiro atoms. The van der Waals surface area contributed by atoms with Gasteiger partial charge < -0.3 is 9.47 Å². The van der Waals surface area contributed by atoms with Gasteiger partial charge in [-0.25, -0.2) is 9.48 Å². The zero-order valence-electron chi connectivity index (χ0n) is 9.46.